The molecule has 3 nitrogen and oxygen atoms in total. The molecular formula is C16H16N2O. The second kappa shape index (κ2) is 4.86. The quantitative estimate of drug-likeness (QED) is 0.778. The van der Waals surface area contributed by atoms with Crippen LogP contribution in [0.1, 0.15) is 22.5 Å². The molecule has 0 aliphatic carbocycles. The predicted octanol–water partition coefficient (Wildman–Crippen LogP) is 2.73. The Morgan fingerprint density at radius 1 is 1.16 bits per heavy atom. The smallest absolute Gasteiger partial charge is 0.137 e. The van der Waals surface area contributed by atoms with Crippen LogP contribution >= 0.6 is 0 Å². The molecule has 2 aromatic heterocycles. The van der Waals surface area contributed by atoms with Gasteiger partial charge in [-0.25, -0.2) is 4.98 Å². The molecule has 0 bridgehead atoms. The third-order valence-corrected chi connectivity index (χ3v) is 3.32. The summed E-state index contributed by atoms with van der Waals surface area (Å²) in [6, 6.07) is 14.3. The largest absolute Gasteiger partial charge is 0.390 e. The molecule has 0 radical (unpaired) electrons. The number of pyridine rings is 1. The Hall–Kier alpha value is -2.13. The number of aliphatic hydroxyl groups excluding tert-OH is 1. The fourth-order valence-corrected chi connectivity index (χ4v) is 2.42. The number of hydrogen-bond acceptors (Lipinski definition) is 2. The van der Waals surface area contributed by atoms with Crippen LogP contribution < -0.4 is 0 Å². The van der Waals surface area contributed by atoms with E-state index in [9.17, 15) is 5.11 Å². The fraction of sp³-hybridized carbons (Fsp3) is 0.188. The average molecular weight is 252 g/mol. The van der Waals surface area contributed by atoms with Crippen molar-refractivity contribution in [2.75, 3.05) is 0 Å². The third-order valence-electron chi connectivity index (χ3n) is 3.32. The highest BCUT2D eigenvalue weighted by Gasteiger charge is 2.11. The van der Waals surface area contributed by atoms with E-state index < -0.39 is 0 Å². The zero-order valence-electron chi connectivity index (χ0n) is 10.9. The second-order valence-corrected chi connectivity index (χ2v) is 4.76. The van der Waals surface area contributed by atoms with Crippen molar-refractivity contribution in [1.29, 1.82) is 0 Å². The first kappa shape index (κ1) is 11.9. The molecule has 0 unspecified atom stereocenters. The highest BCUT2D eigenvalue weighted by Crippen LogP contribution is 2.17. The Morgan fingerprint density at radius 3 is 2.84 bits per heavy atom. The first-order valence-electron chi connectivity index (χ1n) is 6.39. The van der Waals surface area contributed by atoms with Gasteiger partial charge in [0.25, 0.3) is 0 Å². The van der Waals surface area contributed by atoms with Crippen LogP contribution in [0.4, 0.5) is 0 Å². The molecule has 3 aromatic rings. The Kier molecular flexibility index (Phi) is 3.05. The van der Waals surface area contributed by atoms with Crippen LogP contribution in [-0.4, -0.2) is 14.5 Å². The summed E-state index contributed by atoms with van der Waals surface area (Å²) in [4.78, 5) is 4.61. The summed E-state index contributed by atoms with van der Waals surface area (Å²) in [5, 5.41) is 9.58. The van der Waals surface area contributed by atoms with Gasteiger partial charge in [-0.1, -0.05) is 35.9 Å². The normalized spacial score (nSPS) is 11.1. The minimum absolute atomic E-state index is 0.00628. The number of rotatable bonds is 3. The van der Waals surface area contributed by atoms with E-state index in [2.05, 4.69) is 36.2 Å². The van der Waals surface area contributed by atoms with Gasteiger partial charge in [-0.05, 0) is 24.6 Å². The van der Waals surface area contributed by atoms with Crippen molar-refractivity contribution < 1.29 is 5.11 Å². The summed E-state index contributed by atoms with van der Waals surface area (Å²) in [6.45, 7) is 2.09. The van der Waals surface area contributed by atoms with Gasteiger partial charge in [0, 0.05) is 12.6 Å². The number of benzene rings is 1. The first-order valence-corrected chi connectivity index (χ1v) is 6.39. The molecular weight excluding hydrogens is 236 g/mol. The molecule has 0 atom stereocenters. The third kappa shape index (κ3) is 2.25. The van der Waals surface area contributed by atoms with E-state index in [4.69, 9.17) is 0 Å². The molecule has 0 aliphatic rings. The van der Waals surface area contributed by atoms with Crippen LogP contribution in [0.3, 0.4) is 0 Å². The van der Waals surface area contributed by atoms with Crippen LogP contribution in [0.2, 0.25) is 0 Å². The van der Waals surface area contributed by atoms with Gasteiger partial charge in [0.15, 0.2) is 0 Å². The number of fused-ring (bicyclic) bond motifs is 1. The second-order valence-electron chi connectivity index (χ2n) is 4.76. The summed E-state index contributed by atoms with van der Waals surface area (Å²) in [7, 11) is 0. The van der Waals surface area contributed by atoms with Gasteiger partial charge in [-0.2, -0.15) is 0 Å². The zero-order chi connectivity index (χ0) is 13.2. The van der Waals surface area contributed by atoms with Crippen LogP contribution in [0.5, 0.6) is 0 Å². The number of nitrogens with zero attached hydrogens (tertiary/aromatic N) is 2. The summed E-state index contributed by atoms with van der Waals surface area (Å²) < 4.78 is 1.95. The Bertz CT molecular complexity index is 716. The van der Waals surface area contributed by atoms with Crippen molar-refractivity contribution >= 4 is 5.65 Å². The average Bonchev–Trinajstić information content (AvgIpc) is 2.75. The van der Waals surface area contributed by atoms with Crippen molar-refractivity contribution in [3.8, 4) is 0 Å². The van der Waals surface area contributed by atoms with Gasteiger partial charge >= 0.3 is 0 Å². The number of hydrogen-bond donors (Lipinski definition) is 1. The van der Waals surface area contributed by atoms with Crippen LogP contribution in [0, 0.1) is 6.92 Å². The molecule has 1 N–H and O–H groups in total. The summed E-state index contributed by atoms with van der Waals surface area (Å²) in [6.07, 6.45) is 2.69. The highest BCUT2D eigenvalue weighted by molar-refractivity contribution is 5.44. The topological polar surface area (TPSA) is 37.5 Å². The van der Waals surface area contributed by atoms with E-state index in [-0.39, 0.29) is 6.61 Å². The molecule has 1 aromatic carbocycles. The van der Waals surface area contributed by atoms with Gasteiger partial charge in [0.05, 0.1) is 18.0 Å². The fourth-order valence-electron chi connectivity index (χ4n) is 2.42. The molecule has 3 heteroatoms. The van der Waals surface area contributed by atoms with Gasteiger partial charge in [0.1, 0.15) is 5.65 Å². The Labute approximate surface area is 112 Å². The minimum Gasteiger partial charge on any atom is -0.390 e. The summed E-state index contributed by atoms with van der Waals surface area (Å²) in [5.74, 6) is 0. The number of aryl methyl sites for hydroxylation is 1. The van der Waals surface area contributed by atoms with E-state index in [0.29, 0.717) is 0 Å². The predicted molar refractivity (Wildman–Crippen MR) is 75.1 cm³/mol. The molecule has 0 fully saturated rings. The molecule has 19 heavy (non-hydrogen) atoms. The maximum absolute atomic E-state index is 9.58. The van der Waals surface area contributed by atoms with Crippen molar-refractivity contribution in [2.24, 2.45) is 0 Å². The SMILES string of the molecule is Cc1cccc(Cc2nc3ccccn3c2CO)c1. The van der Waals surface area contributed by atoms with E-state index >= 15 is 0 Å². The summed E-state index contributed by atoms with van der Waals surface area (Å²) >= 11 is 0. The van der Waals surface area contributed by atoms with Gasteiger partial charge in [-0.15, -0.1) is 0 Å². The molecule has 0 saturated carbocycles. The standard InChI is InChI=1S/C16H16N2O/c1-12-5-4-6-13(9-12)10-14-15(11-19)18-8-3-2-7-16(18)17-14/h2-9,19H,10-11H2,1H3. The van der Waals surface area contributed by atoms with Crippen LogP contribution in [0.15, 0.2) is 48.7 Å². The molecule has 0 saturated heterocycles. The molecule has 3 rings (SSSR count). The monoisotopic (exact) mass is 252 g/mol. The van der Waals surface area contributed by atoms with Crippen molar-refractivity contribution in [1.82, 2.24) is 9.38 Å². The van der Waals surface area contributed by atoms with Gasteiger partial charge in [-0.3, -0.25) is 0 Å². The molecule has 96 valence electrons. The van der Waals surface area contributed by atoms with Crippen LogP contribution in [0.25, 0.3) is 5.65 Å². The lowest BCUT2D eigenvalue weighted by molar-refractivity contribution is 0.274. The maximum atomic E-state index is 9.58. The van der Waals surface area contributed by atoms with Crippen molar-refractivity contribution in [3.63, 3.8) is 0 Å². The first-order chi connectivity index (χ1) is 9.28. The minimum atomic E-state index is 0.00628. The van der Waals surface area contributed by atoms with E-state index in [1.54, 1.807) is 0 Å². The molecule has 2 heterocycles. The van der Waals surface area contributed by atoms with Crippen molar-refractivity contribution in [3.05, 3.63) is 71.2 Å². The summed E-state index contributed by atoms with van der Waals surface area (Å²) in [5.41, 5.74) is 5.16. The van der Waals surface area contributed by atoms with Crippen LogP contribution in [-0.2, 0) is 13.0 Å². The number of aromatic nitrogens is 2. The number of imidazole rings is 1. The Morgan fingerprint density at radius 2 is 2.05 bits per heavy atom. The van der Waals surface area contributed by atoms with E-state index in [0.717, 1.165) is 23.5 Å². The Balaban J connectivity index is 2.05. The van der Waals surface area contributed by atoms with E-state index in [1.807, 2.05) is 28.8 Å². The lowest BCUT2D eigenvalue weighted by atomic mass is 10.1. The maximum Gasteiger partial charge on any atom is 0.137 e. The lowest BCUT2D eigenvalue weighted by Crippen LogP contribution is -1.97. The molecule has 0 amide bonds. The molecule has 0 spiro atoms. The zero-order valence-corrected chi connectivity index (χ0v) is 10.9. The molecule has 0 aliphatic heterocycles. The van der Waals surface area contributed by atoms with Crippen molar-refractivity contribution in [2.45, 2.75) is 20.0 Å². The van der Waals surface area contributed by atoms with Gasteiger partial charge in [0.2, 0.25) is 0 Å². The lowest BCUT2D eigenvalue weighted by Gasteiger charge is -2.03. The highest BCUT2D eigenvalue weighted by atomic mass is 16.3. The number of aliphatic hydroxyl groups is 1. The van der Waals surface area contributed by atoms with E-state index in [1.165, 1.54) is 11.1 Å². The van der Waals surface area contributed by atoms with Gasteiger partial charge < -0.3 is 9.51 Å².